The zero-order chi connectivity index (χ0) is 22.0. The molecule has 0 unspecified atom stereocenters. The molecule has 0 fully saturated rings. The van der Waals surface area contributed by atoms with Gasteiger partial charge in [-0.3, -0.25) is 9.20 Å². The lowest BCUT2D eigenvalue weighted by Crippen LogP contribution is -2.24. The van der Waals surface area contributed by atoms with E-state index >= 15 is 0 Å². The van der Waals surface area contributed by atoms with Crippen LogP contribution >= 0.6 is 11.6 Å². The monoisotopic (exact) mass is 437 g/mol. The number of benzene rings is 2. The molecule has 0 aliphatic heterocycles. The van der Waals surface area contributed by atoms with E-state index in [1.165, 1.54) is 0 Å². The maximum Gasteiger partial charge on any atom is 0.252 e. The molecular formula is C23H24ClN5O2. The summed E-state index contributed by atoms with van der Waals surface area (Å²) in [6.07, 6.45) is 2.40. The molecular weight excluding hydrogens is 414 g/mol. The largest absolute Gasteiger partial charge is 0.496 e. The van der Waals surface area contributed by atoms with Gasteiger partial charge in [-0.25, -0.2) is 4.98 Å². The third-order valence-corrected chi connectivity index (χ3v) is 5.65. The minimum absolute atomic E-state index is 0.160. The van der Waals surface area contributed by atoms with Crippen molar-refractivity contribution < 1.29 is 9.53 Å². The van der Waals surface area contributed by atoms with Gasteiger partial charge in [-0.2, -0.15) is 0 Å². The number of nitrogens with one attached hydrogen (secondary N) is 1. The Morgan fingerprint density at radius 3 is 2.74 bits per heavy atom. The smallest absolute Gasteiger partial charge is 0.252 e. The molecule has 2 aromatic heterocycles. The highest BCUT2D eigenvalue weighted by atomic mass is 35.5. The summed E-state index contributed by atoms with van der Waals surface area (Å²) in [7, 11) is 1.66. The molecule has 0 aliphatic carbocycles. The van der Waals surface area contributed by atoms with Crippen LogP contribution in [0.4, 0.5) is 0 Å². The molecule has 1 amide bonds. The minimum atomic E-state index is -0.160. The first-order valence-corrected chi connectivity index (χ1v) is 10.6. The number of aromatic nitrogens is 4. The lowest BCUT2D eigenvalue weighted by molar-refractivity contribution is 0.0953. The van der Waals surface area contributed by atoms with Crippen molar-refractivity contribution in [2.75, 3.05) is 13.7 Å². The summed E-state index contributed by atoms with van der Waals surface area (Å²) in [5.74, 6) is 1.46. The Kier molecular flexibility index (Phi) is 6.04. The highest BCUT2D eigenvalue weighted by molar-refractivity contribution is 6.33. The number of hydrogen-bond donors (Lipinski definition) is 1. The molecule has 4 aromatic rings. The number of halogens is 1. The molecule has 0 atom stereocenters. The number of unbranched alkanes of at least 4 members (excludes halogenated alkanes) is 1. The van der Waals surface area contributed by atoms with Crippen molar-refractivity contribution >= 4 is 34.2 Å². The predicted octanol–water partition coefficient (Wildman–Crippen LogP) is 4.31. The second-order valence-corrected chi connectivity index (χ2v) is 7.88. The van der Waals surface area contributed by atoms with Crippen molar-refractivity contribution in [2.24, 2.45) is 0 Å². The van der Waals surface area contributed by atoms with Gasteiger partial charge in [0, 0.05) is 12.6 Å². The van der Waals surface area contributed by atoms with Crippen LogP contribution < -0.4 is 10.1 Å². The third kappa shape index (κ3) is 4.18. The average Bonchev–Trinajstić information content (AvgIpc) is 3.15. The van der Waals surface area contributed by atoms with Gasteiger partial charge in [-0.1, -0.05) is 23.7 Å². The lowest BCUT2D eigenvalue weighted by Gasteiger charge is -2.11. The van der Waals surface area contributed by atoms with Gasteiger partial charge in [0.25, 0.3) is 5.91 Å². The number of methoxy groups -OCH3 is 1. The van der Waals surface area contributed by atoms with Gasteiger partial charge in [0.05, 0.1) is 34.4 Å². The van der Waals surface area contributed by atoms with Crippen LogP contribution in [0.15, 0.2) is 36.4 Å². The zero-order valence-corrected chi connectivity index (χ0v) is 18.5. The number of rotatable bonds is 7. The van der Waals surface area contributed by atoms with Gasteiger partial charge >= 0.3 is 0 Å². The van der Waals surface area contributed by atoms with E-state index in [9.17, 15) is 4.79 Å². The fourth-order valence-electron chi connectivity index (χ4n) is 3.71. The number of ether oxygens (including phenoxy) is 1. The van der Waals surface area contributed by atoms with Gasteiger partial charge < -0.3 is 10.1 Å². The van der Waals surface area contributed by atoms with Crippen LogP contribution in [0.1, 0.15) is 40.3 Å². The summed E-state index contributed by atoms with van der Waals surface area (Å²) in [4.78, 5) is 17.1. The molecule has 0 aliphatic rings. The molecule has 7 nitrogen and oxygen atoms in total. The molecule has 0 spiro atoms. The number of amides is 1. The Morgan fingerprint density at radius 1 is 1.16 bits per heavy atom. The Balaban J connectivity index is 1.47. The summed E-state index contributed by atoms with van der Waals surface area (Å²) in [6, 6.07) is 11.0. The van der Waals surface area contributed by atoms with Crippen molar-refractivity contribution in [3.8, 4) is 5.75 Å². The Morgan fingerprint density at radius 2 is 1.97 bits per heavy atom. The molecule has 31 heavy (non-hydrogen) atoms. The second-order valence-electron chi connectivity index (χ2n) is 7.47. The Hall–Kier alpha value is -3.19. The van der Waals surface area contributed by atoms with Crippen molar-refractivity contribution in [2.45, 2.75) is 33.1 Å². The number of fused-ring (bicyclic) bond motifs is 3. The second kappa shape index (κ2) is 8.89. The molecule has 0 radical (unpaired) electrons. The maximum atomic E-state index is 12.3. The molecule has 0 bridgehead atoms. The minimum Gasteiger partial charge on any atom is -0.496 e. The van der Waals surface area contributed by atoms with E-state index < -0.39 is 0 Å². The van der Waals surface area contributed by atoms with E-state index in [0.29, 0.717) is 17.1 Å². The van der Waals surface area contributed by atoms with Crippen LogP contribution in [0.2, 0.25) is 5.02 Å². The van der Waals surface area contributed by atoms with E-state index in [0.717, 1.165) is 58.8 Å². The predicted molar refractivity (Wildman–Crippen MR) is 121 cm³/mol. The van der Waals surface area contributed by atoms with E-state index in [1.54, 1.807) is 31.4 Å². The first kappa shape index (κ1) is 21.1. The van der Waals surface area contributed by atoms with E-state index in [-0.39, 0.29) is 5.91 Å². The summed E-state index contributed by atoms with van der Waals surface area (Å²) >= 11 is 6.08. The summed E-state index contributed by atoms with van der Waals surface area (Å²) in [6.45, 7) is 4.51. The van der Waals surface area contributed by atoms with Crippen LogP contribution in [0.3, 0.4) is 0 Å². The number of hydrogen-bond acceptors (Lipinski definition) is 5. The molecule has 0 saturated carbocycles. The quantitative estimate of drug-likeness (QED) is 0.436. The lowest BCUT2D eigenvalue weighted by atomic mass is 10.1. The first-order valence-electron chi connectivity index (χ1n) is 10.2. The van der Waals surface area contributed by atoms with Gasteiger partial charge in [0.2, 0.25) is 0 Å². The van der Waals surface area contributed by atoms with Gasteiger partial charge in [0.1, 0.15) is 11.6 Å². The topological polar surface area (TPSA) is 81.4 Å². The molecule has 4 rings (SSSR count). The van der Waals surface area contributed by atoms with Crippen molar-refractivity contribution in [3.05, 3.63) is 64.1 Å². The average molecular weight is 438 g/mol. The van der Waals surface area contributed by atoms with Crippen LogP contribution in [0.25, 0.3) is 16.7 Å². The van der Waals surface area contributed by atoms with E-state index in [2.05, 4.69) is 21.6 Å². The van der Waals surface area contributed by atoms with Gasteiger partial charge in [-0.15, -0.1) is 10.2 Å². The number of nitrogens with zero attached hydrogens (tertiary/aromatic N) is 4. The Labute approximate surface area is 185 Å². The highest BCUT2D eigenvalue weighted by Gasteiger charge is 2.15. The fourth-order valence-corrected chi connectivity index (χ4v) is 3.93. The SMILES string of the molecule is COc1cc2nc(CCCCNC(=O)c3ccccc3Cl)c3nnc(C)n3c2cc1C. The molecule has 160 valence electrons. The zero-order valence-electron chi connectivity index (χ0n) is 17.8. The number of carbonyl (C=O) groups excluding carboxylic acids is 1. The fraction of sp³-hybridized carbons (Fsp3) is 0.304. The van der Waals surface area contributed by atoms with E-state index in [4.69, 9.17) is 21.3 Å². The molecule has 8 heteroatoms. The van der Waals surface area contributed by atoms with Crippen LogP contribution in [0.5, 0.6) is 5.75 Å². The summed E-state index contributed by atoms with van der Waals surface area (Å²) in [5.41, 5.74) is 5.00. The third-order valence-electron chi connectivity index (χ3n) is 5.32. The first-order chi connectivity index (χ1) is 15.0. The van der Waals surface area contributed by atoms with Gasteiger partial charge in [0.15, 0.2) is 5.65 Å². The molecule has 0 saturated heterocycles. The van der Waals surface area contributed by atoms with Gasteiger partial charge in [-0.05, 0) is 56.9 Å². The summed E-state index contributed by atoms with van der Waals surface area (Å²) in [5, 5.41) is 12.0. The van der Waals surface area contributed by atoms with Crippen molar-refractivity contribution in [1.82, 2.24) is 24.9 Å². The summed E-state index contributed by atoms with van der Waals surface area (Å²) < 4.78 is 7.51. The standard InChI is InChI=1S/C23H24ClN5O2/c1-14-12-20-19(13-21(14)31-3)26-18(22-28-27-15(2)29(20)22)10-6-7-11-25-23(30)16-8-4-5-9-17(16)24/h4-5,8-9,12-13H,6-7,10-11H2,1-3H3,(H,25,30). The highest BCUT2D eigenvalue weighted by Crippen LogP contribution is 2.27. The molecule has 2 aromatic carbocycles. The molecule has 1 N–H and O–H groups in total. The van der Waals surface area contributed by atoms with Crippen LogP contribution in [-0.2, 0) is 6.42 Å². The van der Waals surface area contributed by atoms with Crippen molar-refractivity contribution in [1.29, 1.82) is 0 Å². The maximum absolute atomic E-state index is 12.3. The van der Waals surface area contributed by atoms with Crippen LogP contribution in [0, 0.1) is 13.8 Å². The number of carbonyl (C=O) groups is 1. The Bertz CT molecular complexity index is 1270. The molecule has 2 heterocycles. The van der Waals surface area contributed by atoms with Crippen molar-refractivity contribution in [3.63, 3.8) is 0 Å². The number of aryl methyl sites for hydroxylation is 3. The van der Waals surface area contributed by atoms with Crippen LogP contribution in [-0.4, -0.2) is 39.1 Å². The normalized spacial score (nSPS) is 11.2. The van der Waals surface area contributed by atoms with E-state index in [1.807, 2.05) is 24.3 Å².